The van der Waals surface area contributed by atoms with Gasteiger partial charge in [-0.15, -0.1) is 11.8 Å². The second kappa shape index (κ2) is 5.64. The van der Waals surface area contributed by atoms with Crippen LogP contribution in [0.1, 0.15) is 5.56 Å². The molecular weight excluding hydrogens is 232 g/mol. The quantitative estimate of drug-likeness (QED) is 0.834. The van der Waals surface area contributed by atoms with E-state index in [9.17, 15) is 5.11 Å². The summed E-state index contributed by atoms with van der Waals surface area (Å²) in [4.78, 5) is 1.24. The number of hydrogen-bond acceptors (Lipinski definition) is 3. The molecule has 0 aliphatic rings. The molecule has 0 atom stereocenters. The smallest absolute Gasteiger partial charge is 0.123 e. The summed E-state index contributed by atoms with van der Waals surface area (Å²) >= 11 is 1.72. The molecule has 2 rings (SSSR count). The number of ether oxygens (including phenoxy) is 1. The zero-order chi connectivity index (χ0) is 12.1. The Morgan fingerprint density at radius 2 is 1.88 bits per heavy atom. The maximum atomic E-state index is 9.30. The van der Waals surface area contributed by atoms with Crippen molar-refractivity contribution in [2.45, 2.75) is 11.5 Å². The van der Waals surface area contributed by atoms with Crippen molar-refractivity contribution in [1.29, 1.82) is 0 Å². The Balaban J connectivity index is 1.97. The predicted molar refractivity (Wildman–Crippen MR) is 70.7 cm³/mol. The van der Waals surface area contributed by atoms with Crippen LogP contribution in [0.15, 0.2) is 53.4 Å². The highest BCUT2D eigenvalue weighted by Gasteiger charge is 1.97. The van der Waals surface area contributed by atoms with Gasteiger partial charge in [0.2, 0.25) is 0 Å². The maximum absolute atomic E-state index is 9.30. The highest BCUT2D eigenvalue weighted by Crippen LogP contribution is 2.20. The molecule has 0 radical (unpaired) electrons. The highest BCUT2D eigenvalue weighted by atomic mass is 32.2. The summed E-state index contributed by atoms with van der Waals surface area (Å²) in [6.07, 6.45) is 2.05. The summed E-state index contributed by atoms with van der Waals surface area (Å²) in [5.74, 6) is 0.902. The van der Waals surface area contributed by atoms with Gasteiger partial charge in [0.15, 0.2) is 0 Å². The van der Waals surface area contributed by atoms with Gasteiger partial charge in [0, 0.05) is 11.0 Å². The fourth-order valence-electron chi connectivity index (χ4n) is 1.46. The van der Waals surface area contributed by atoms with Crippen LogP contribution in [-0.2, 0) is 6.61 Å². The van der Waals surface area contributed by atoms with Gasteiger partial charge in [0.1, 0.15) is 18.1 Å². The van der Waals surface area contributed by atoms with E-state index in [0.29, 0.717) is 12.4 Å². The van der Waals surface area contributed by atoms with Crippen LogP contribution in [0, 0.1) is 0 Å². The molecule has 0 fully saturated rings. The van der Waals surface area contributed by atoms with E-state index < -0.39 is 0 Å². The molecule has 0 aliphatic carbocycles. The fourth-order valence-corrected chi connectivity index (χ4v) is 1.87. The number of phenolic OH excluding ortho intramolecular Hbond substituents is 1. The molecule has 2 nitrogen and oxygen atoms in total. The van der Waals surface area contributed by atoms with E-state index in [1.54, 1.807) is 30.0 Å². The molecule has 2 aromatic carbocycles. The monoisotopic (exact) mass is 246 g/mol. The lowest BCUT2D eigenvalue weighted by Crippen LogP contribution is -1.94. The molecule has 0 aromatic heterocycles. The summed E-state index contributed by atoms with van der Waals surface area (Å²) in [5.41, 5.74) is 1.12. The molecule has 0 saturated carbocycles. The molecule has 3 heteroatoms. The average Bonchev–Trinajstić information content (AvgIpc) is 2.37. The zero-order valence-corrected chi connectivity index (χ0v) is 10.4. The molecular formula is C14H14O2S. The van der Waals surface area contributed by atoms with Crippen LogP contribution < -0.4 is 4.74 Å². The first kappa shape index (κ1) is 11.9. The number of benzene rings is 2. The van der Waals surface area contributed by atoms with Crippen molar-refractivity contribution in [2.75, 3.05) is 6.26 Å². The minimum absolute atomic E-state index is 0.222. The Morgan fingerprint density at radius 3 is 2.53 bits per heavy atom. The lowest BCUT2D eigenvalue weighted by Gasteiger charge is -2.07. The van der Waals surface area contributed by atoms with E-state index in [0.717, 1.165) is 5.56 Å². The minimum Gasteiger partial charge on any atom is -0.508 e. The van der Waals surface area contributed by atoms with Crippen LogP contribution in [0.2, 0.25) is 0 Å². The molecule has 2 aromatic rings. The molecule has 0 unspecified atom stereocenters. The second-order valence-corrected chi connectivity index (χ2v) is 4.51. The highest BCUT2D eigenvalue weighted by molar-refractivity contribution is 7.98. The summed E-state index contributed by atoms with van der Waals surface area (Å²) in [6, 6.07) is 15.1. The molecule has 0 spiro atoms. The fraction of sp³-hybridized carbons (Fsp3) is 0.143. The molecule has 88 valence electrons. The van der Waals surface area contributed by atoms with Gasteiger partial charge in [-0.1, -0.05) is 18.2 Å². The molecule has 0 saturated heterocycles. The van der Waals surface area contributed by atoms with Crippen molar-refractivity contribution in [2.24, 2.45) is 0 Å². The maximum Gasteiger partial charge on any atom is 0.123 e. The topological polar surface area (TPSA) is 29.5 Å². The van der Waals surface area contributed by atoms with E-state index in [4.69, 9.17) is 4.74 Å². The van der Waals surface area contributed by atoms with Gasteiger partial charge in [0.25, 0.3) is 0 Å². The minimum atomic E-state index is 0.222. The van der Waals surface area contributed by atoms with E-state index in [-0.39, 0.29) is 5.75 Å². The van der Waals surface area contributed by atoms with Crippen molar-refractivity contribution in [3.05, 3.63) is 54.1 Å². The first-order valence-corrected chi connectivity index (χ1v) is 6.55. The third kappa shape index (κ3) is 3.43. The van der Waals surface area contributed by atoms with Gasteiger partial charge in [0.05, 0.1) is 0 Å². The lowest BCUT2D eigenvalue weighted by atomic mass is 10.2. The number of rotatable bonds is 4. The van der Waals surface area contributed by atoms with Crippen LogP contribution in [-0.4, -0.2) is 11.4 Å². The Morgan fingerprint density at radius 1 is 1.12 bits per heavy atom. The predicted octanol–water partition coefficient (Wildman–Crippen LogP) is 3.69. The van der Waals surface area contributed by atoms with Gasteiger partial charge in [-0.2, -0.15) is 0 Å². The number of aromatic hydroxyl groups is 1. The molecule has 0 heterocycles. The number of hydrogen-bond donors (Lipinski definition) is 1. The first-order chi connectivity index (χ1) is 8.28. The van der Waals surface area contributed by atoms with Gasteiger partial charge >= 0.3 is 0 Å². The zero-order valence-electron chi connectivity index (χ0n) is 9.59. The van der Waals surface area contributed by atoms with Crippen LogP contribution in [0.5, 0.6) is 11.5 Å². The van der Waals surface area contributed by atoms with Crippen molar-refractivity contribution in [3.8, 4) is 11.5 Å². The van der Waals surface area contributed by atoms with Crippen LogP contribution >= 0.6 is 11.8 Å². The molecule has 0 bridgehead atoms. The third-order valence-electron chi connectivity index (χ3n) is 2.38. The Labute approximate surface area is 105 Å². The second-order valence-electron chi connectivity index (χ2n) is 3.63. The van der Waals surface area contributed by atoms with Crippen LogP contribution in [0.4, 0.5) is 0 Å². The number of phenols is 1. The summed E-state index contributed by atoms with van der Waals surface area (Å²) in [5, 5.41) is 9.30. The van der Waals surface area contributed by atoms with Gasteiger partial charge < -0.3 is 9.84 Å². The summed E-state index contributed by atoms with van der Waals surface area (Å²) < 4.78 is 5.58. The third-order valence-corrected chi connectivity index (χ3v) is 3.13. The van der Waals surface area contributed by atoms with Gasteiger partial charge in [-0.25, -0.2) is 0 Å². The van der Waals surface area contributed by atoms with Crippen molar-refractivity contribution in [1.82, 2.24) is 0 Å². The average molecular weight is 246 g/mol. The van der Waals surface area contributed by atoms with E-state index in [2.05, 4.69) is 30.5 Å². The van der Waals surface area contributed by atoms with Crippen LogP contribution in [0.3, 0.4) is 0 Å². The largest absolute Gasteiger partial charge is 0.508 e. The first-order valence-electron chi connectivity index (χ1n) is 5.33. The van der Waals surface area contributed by atoms with E-state index in [1.807, 2.05) is 6.07 Å². The molecule has 17 heavy (non-hydrogen) atoms. The Kier molecular flexibility index (Phi) is 3.94. The van der Waals surface area contributed by atoms with Gasteiger partial charge in [-0.3, -0.25) is 0 Å². The molecule has 0 amide bonds. The van der Waals surface area contributed by atoms with E-state index in [1.165, 1.54) is 4.90 Å². The number of thioether (sulfide) groups is 1. The van der Waals surface area contributed by atoms with E-state index >= 15 is 0 Å². The Hall–Kier alpha value is -1.61. The summed E-state index contributed by atoms with van der Waals surface area (Å²) in [6.45, 7) is 0.512. The lowest BCUT2D eigenvalue weighted by molar-refractivity contribution is 0.304. The molecule has 1 N–H and O–H groups in total. The van der Waals surface area contributed by atoms with Crippen molar-refractivity contribution in [3.63, 3.8) is 0 Å². The summed E-state index contributed by atoms with van der Waals surface area (Å²) in [7, 11) is 0. The van der Waals surface area contributed by atoms with Gasteiger partial charge in [-0.05, 0) is 36.1 Å². The normalized spacial score (nSPS) is 10.2. The Bertz CT molecular complexity index is 480. The molecule has 0 aliphatic heterocycles. The van der Waals surface area contributed by atoms with Crippen molar-refractivity contribution < 1.29 is 9.84 Å². The SMILES string of the molecule is CSc1ccc(COc2cccc(O)c2)cc1. The van der Waals surface area contributed by atoms with Crippen LogP contribution in [0.25, 0.3) is 0 Å². The van der Waals surface area contributed by atoms with Crippen molar-refractivity contribution >= 4 is 11.8 Å². The standard InChI is InChI=1S/C14H14O2S/c1-17-14-7-5-11(6-8-14)10-16-13-4-2-3-12(15)9-13/h2-9,15H,10H2,1H3.